The van der Waals surface area contributed by atoms with Gasteiger partial charge in [-0.15, -0.1) is 0 Å². The number of hydrogen-bond acceptors (Lipinski definition) is 5. The van der Waals surface area contributed by atoms with Crippen molar-refractivity contribution >= 4 is 6.29 Å². The molecule has 0 saturated carbocycles. The van der Waals surface area contributed by atoms with Crippen molar-refractivity contribution in [1.29, 1.82) is 0 Å². The minimum absolute atomic E-state index is 0.102. The van der Waals surface area contributed by atoms with E-state index in [2.05, 4.69) is 30.9 Å². The second kappa shape index (κ2) is 7.00. The highest BCUT2D eigenvalue weighted by molar-refractivity contribution is 5.83. The van der Waals surface area contributed by atoms with Crippen molar-refractivity contribution in [3.05, 3.63) is 59.9 Å². The topological polar surface area (TPSA) is 77.2 Å². The van der Waals surface area contributed by atoms with Gasteiger partial charge in [-0.25, -0.2) is 0 Å². The van der Waals surface area contributed by atoms with Crippen molar-refractivity contribution in [2.75, 3.05) is 0 Å². The number of aldehydes is 1. The van der Waals surface area contributed by atoms with Gasteiger partial charge in [0.1, 0.15) is 18.1 Å². The highest BCUT2D eigenvalue weighted by Crippen LogP contribution is 2.29. The molecular weight excluding hydrogens is 330 g/mol. The third-order valence-electron chi connectivity index (χ3n) is 3.96. The Morgan fingerprint density at radius 3 is 2.69 bits per heavy atom. The smallest absolute Gasteiger partial charge is 0.157 e. The van der Waals surface area contributed by atoms with Crippen LogP contribution in [0.1, 0.15) is 36.7 Å². The minimum atomic E-state index is -0.190. The van der Waals surface area contributed by atoms with Gasteiger partial charge >= 0.3 is 0 Å². The maximum absolute atomic E-state index is 11.2. The Bertz CT molecular complexity index is 926. The van der Waals surface area contributed by atoms with Gasteiger partial charge in [-0.3, -0.25) is 14.5 Å². The molecule has 6 nitrogen and oxygen atoms in total. The molecule has 0 aliphatic carbocycles. The van der Waals surface area contributed by atoms with Crippen molar-refractivity contribution < 1.29 is 14.6 Å². The predicted molar refractivity (Wildman–Crippen MR) is 98.3 cm³/mol. The Kier molecular flexibility index (Phi) is 4.75. The van der Waals surface area contributed by atoms with Crippen LogP contribution in [0.3, 0.4) is 0 Å². The first-order chi connectivity index (χ1) is 12.4. The number of ether oxygens (including phenoxy) is 1. The molecule has 0 aliphatic rings. The molecule has 26 heavy (non-hydrogen) atoms. The number of pyridine rings is 1. The van der Waals surface area contributed by atoms with Crippen molar-refractivity contribution in [3.63, 3.8) is 0 Å². The number of aromatic nitrogens is 3. The number of aromatic hydroxyl groups is 1. The predicted octanol–water partition coefficient (Wildman–Crippen LogP) is 3.80. The number of carbonyl (C=O) groups is 1. The summed E-state index contributed by atoms with van der Waals surface area (Å²) in [4.78, 5) is 15.7. The Morgan fingerprint density at radius 1 is 1.15 bits per heavy atom. The van der Waals surface area contributed by atoms with Gasteiger partial charge in [0.15, 0.2) is 6.29 Å². The molecule has 1 N–H and O–H groups in total. The fourth-order valence-corrected chi connectivity index (χ4v) is 2.74. The maximum Gasteiger partial charge on any atom is 0.157 e. The van der Waals surface area contributed by atoms with E-state index in [1.54, 1.807) is 24.5 Å². The highest BCUT2D eigenvalue weighted by atomic mass is 16.5. The SMILES string of the molecule is CC(C)(C)n1nccc1-c1ncccc1COc1cccc(O)c1C=O. The molecular formula is C20H21N3O3. The summed E-state index contributed by atoms with van der Waals surface area (Å²) in [5.41, 5.74) is 2.47. The minimum Gasteiger partial charge on any atom is -0.507 e. The van der Waals surface area contributed by atoms with Crippen molar-refractivity contribution in [2.45, 2.75) is 32.9 Å². The quantitative estimate of drug-likeness (QED) is 0.708. The van der Waals surface area contributed by atoms with Crippen molar-refractivity contribution in [1.82, 2.24) is 14.8 Å². The van der Waals surface area contributed by atoms with Crippen LogP contribution in [0.2, 0.25) is 0 Å². The number of hydrogen-bond donors (Lipinski definition) is 1. The van der Waals surface area contributed by atoms with E-state index >= 15 is 0 Å². The second-order valence-electron chi connectivity index (χ2n) is 6.91. The Balaban J connectivity index is 1.94. The fourth-order valence-electron chi connectivity index (χ4n) is 2.74. The maximum atomic E-state index is 11.2. The zero-order chi connectivity index (χ0) is 18.7. The van der Waals surface area contributed by atoms with Crippen LogP contribution >= 0.6 is 0 Å². The molecule has 0 saturated heterocycles. The molecule has 0 amide bonds. The lowest BCUT2D eigenvalue weighted by Gasteiger charge is -2.23. The van der Waals surface area contributed by atoms with Gasteiger partial charge in [0.2, 0.25) is 0 Å². The summed E-state index contributed by atoms with van der Waals surface area (Å²) in [5.74, 6) is 0.230. The molecule has 134 valence electrons. The van der Waals surface area contributed by atoms with Gasteiger partial charge in [0.05, 0.1) is 22.5 Å². The number of nitrogens with zero attached hydrogens (tertiary/aromatic N) is 3. The fraction of sp³-hybridized carbons (Fsp3) is 0.250. The number of phenolic OH excluding ortho intramolecular Hbond substituents is 1. The summed E-state index contributed by atoms with van der Waals surface area (Å²) >= 11 is 0. The molecule has 0 spiro atoms. The van der Waals surface area contributed by atoms with E-state index in [-0.39, 0.29) is 23.5 Å². The molecule has 0 fully saturated rings. The third-order valence-corrected chi connectivity index (χ3v) is 3.96. The number of carbonyl (C=O) groups excluding carboxylic acids is 1. The van der Waals surface area contributed by atoms with Crippen LogP contribution < -0.4 is 4.74 Å². The van der Waals surface area contributed by atoms with E-state index in [1.807, 2.05) is 22.9 Å². The first-order valence-electron chi connectivity index (χ1n) is 8.30. The number of phenols is 1. The highest BCUT2D eigenvalue weighted by Gasteiger charge is 2.21. The summed E-state index contributed by atoms with van der Waals surface area (Å²) in [6.07, 6.45) is 4.06. The zero-order valence-electron chi connectivity index (χ0n) is 15.0. The molecule has 0 radical (unpaired) electrons. The van der Waals surface area contributed by atoms with Gasteiger partial charge in [-0.1, -0.05) is 12.1 Å². The average molecular weight is 351 g/mol. The average Bonchev–Trinajstić information content (AvgIpc) is 3.10. The largest absolute Gasteiger partial charge is 0.507 e. The van der Waals surface area contributed by atoms with E-state index in [1.165, 1.54) is 6.07 Å². The van der Waals surface area contributed by atoms with Crippen LogP contribution in [0, 0.1) is 0 Å². The van der Waals surface area contributed by atoms with Crippen molar-refractivity contribution in [2.24, 2.45) is 0 Å². The molecule has 2 heterocycles. The normalized spacial score (nSPS) is 11.3. The van der Waals surface area contributed by atoms with E-state index in [9.17, 15) is 9.90 Å². The zero-order valence-corrected chi connectivity index (χ0v) is 15.0. The number of benzene rings is 1. The molecule has 1 aromatic carbocycles. The molecule has 6 heteroatoms. The van der Waals surface area contributed by atoms with Crippen LogP contribution in [-0.4, -0.2) is 26.2 Å². The van der Waals surface area contributed by atoms with Gasteiger partial charge in [0.25, 0.3) is 0 Å². The molecule has 3 aromatic rings. The molecule has 0 atom stereocenters. The summed E-state index contributed by atoms with van der Waals surface area (Å²) in [6, 6.07) is 10.4. The molecule has 3 rings (SSSR count). The Hall–Kier alpha value is -3.15. The van der Waals surface area contributed by atoms with Gasteiger partial charge in [-0.05, 0) is 45.0 Å². The van der Waals surface area contributed by atoms with Crippen molar-refractivity contribution in [3.8, 4) is 22.9 Å². The molecule has 2 aromatic heterocycles. The summed E-state index contributed by atoms with van der Waals surface area (Å²) in [5, 5.41) is 14.2. The van der Waals surface area contributed by atoms with Crippen LogP contribution in [0.4, 0.5) is 0 Å². The van der Waals surface area contributed by atoms with Crippen LogP contribution in [0.25, 0.3) is 11.4 Å². The summed E-state index contributed by atoms with van der Waals surface area (Å²) in [6.45, 7) is 6.44. The summed E-state index contributed by atoms with van der Waals surface area (Å²) < 4.78 is 7.72. The van der Waals surface area contributed by atoms with E-state index in [0.29, 0.717) is 12.0 Å². The standard InChI is InChI=1S/C20H21N3O3/c1-20(2,3)23-16(9-11-22-23)19-14(6-5-10-21-19)13-26-18-8-4-7-17(25)15(18)12-24/h4-12,25H,13H2,1-3H3. The molecule has 0 unspecified atom stereocenters. The number of rotatable bonds is 5. The van der Waals surface area contributed by atoms with Gasteiger partial charge in [-0.2, -0.15) is 5.10 Å². The second-order valence-corrected chi connectivity index (χ2v) is 6.91. The first-order valence-corrected chi connectivity index (χ1v) is 8.30. The van der Waals surface area contributed by atoms with Gasteiger partial charge < -0.3 is 9.84 Å². The Morgan fingerprint density at radius 2 is 1.96 bits per heavy atom. The molecule has 0 aliphatic heterocycles. The molecule has 0 bridgehead atoms. The Labute approximate surface area is 152 Å². The third kappa shape index (κ3) is 3.44. The van der Waals surface area contributed by atoms with Gasteiger partial charge in [0, 0.05) is 18.0 Å². The first kappa shape index (κ1) is 17.7. The van der Waals surface area contributed by atoms with E-state index in [0.717, 1.165) is 17.0 Å². The lowest BCUT2D eigenvalue weighted by atomic mass is 10.1. The van der Waals surface area contributed by atoms with Crippen LogP contribution in [0.15, 0.2) is 48.8 Å². The lowest BCUT2D eigenvalue weighted by molar-refractivity contribution is 0.111. The monoisotopic (exact) mass is 351 g/mol. The van der Waals surface area contributed by atoms with E-state index < -0.39 is 0 Å². The summed E-state index contributed by atoms with van der Waals surface area (Å²) in [7, 11) is 0. The van der Waals surface area contributed by atoms with Crippen LogP contribution in [-0.2, 0) is 12.1 Å². The lowest BCUT2D eigenvalue weighted by Crippen LogP contribution is -2.24. The van der Waals surface area contributed by atoms with E-state index in [4.69, 9.17) is 4.74 Å². The van der Waals surface area contributed by atoms with Crippen LogP contribution in [0.5, 0.6) is 11.5 Å².